The zero-order valence-electron chi connectivity index (χ0n) is 13.2. The molecule has 4 rings (SSSR count). The predicted octanol–water partition coefficient (Wildman–Crippen LogP) is 6.04. The minimum atomic E-state index is -0.259. The zero-order valence-corrected chi connectivity index (χ0v) is 15.6. The molecule has 0 aliphatic rings. The van der Waals surface area contributed by atoms with Crippen LogP contribution in [0.3, 0.4) is 0 Å². The average molecular weight is 406 g/mol. The van der Waals surface area contributed by atoms with Crippen LogP contribution in [0.15, 0.2) is 64.4 Å². The van der Waals surface area contributed by atoms with Gasteiger partial charge >= 0.3 is 0 Å². The summed E-state index contributed by atoms with van der Waals surface area (Å²) in [7, 11) is 0. The SMILES string of the molecule is Fc1ccc([NH2+]c2nc(-c3ccc(-c4cc(Cl)ccc4Cl)o3)cs2)cc1. The van der Waals surface area contributed by atoms with Crippen LogP contribution >= 0.6 is 34.5 Å². The van der Waals surface area contributed by atoms with Crippen molar-refractivity contribution in [2.45, 2.75) is 0 Å². The third-order valence-electron chi connectivity index (χ3n) is 3.73. The van der Waals surface area contributed by atoms with Crippen LogP contribution in [0, 0.1) is 5.82 Å². The minimum Gasteiger partial charge on any atom is -0.454 e. The number of nitrogens with zero attached hydrogens (tertiary/aromatic N) is 1. The number of hydrogen-bond donors (Lipinski definition) is 1. The fraction of sp³-hybridized carbons (Fsp3) is 0. The molecule has 2 heterocycles. The Morgan fingerprint density at radius 1 is 0.962 bits per heavy atom. The highest BCUT2D eigenvalue weighted by Gasteiger charge is 2.14. The molecule has 0 radical (unpaired) electrons. The van der Waals surface area contributed by atoms with E-state index in [0.717, 1.165) is 22.1 Å². The summed E-state index contributed by atoms with van der Waals surface area (Å²) in [4.78, 5) is 4.56. The highest BCUT2D eigenvalue weighted by Crippen LogP contribution is 2.34. The van der Waals surface area contributed by atoms with E-state index in [1.165, 1.54) is 23.5 Å². The van der Waals surface area contributed by atoms with E-state index in [2.05, 4.69) is 4.98 Å². The van der Waals surface area contributed by atoms with Crippen LogP contribution < -0.4 is 5.32 Å². The fourth-order valence-corrected chi connectivity index (χ4v) is 3.61. The number of aromatic nitrogens is 1. The number of benzene rings is 2. The monoisotopic (exact) mass is 405 g/mol. The Kier molecular flexibility index (Phi) is 4.78. The van der Waals surface area contributed by atoms with Crippen LogP contribution in [0.25, 0.3) is 22.8 Å². The van der Waals surface area contributed by atoms with Crippen LogP contribution in [0.5, 0.6) is 0 Å². The lowest BCUT2D eigenvalue weighted by atomic mass is 10.2. The first-order valence-corrected chi connectivity index (χ1v) is 9.33. The van der Waals surface area contributed by atoms with E-state index in [4.69, 9.17) is 27.6 Å². The van der Waals surface area contributed by atoms with Crippen molar-refractivity contribution in [3.05, 3.63) is 75.8 Å². The molecule has 0 amide bonds. The maximum Gasteiger partial charge on any atom is 0.288 e. The van der Waals surface area contributed by atoms with Gasteiger partial charge in [0.1, 0.15) is 23.0 Å². The van der Waals surface area contributed by atoms with Gasteiger partial charge in [0.25, 0.3) is 5.13 Å². The first-order chi connectivity index (χ1) is 12.6. The van der Waals surface area contributed by atoms with Gasteiger partial charge in [-0.15, -0.1) is 0 Å². The average Bonchev–Trinajstić information content (AvgIpc) is 3.28. The number of quaternary nitrogens is 1. The summed E-state index contributed by atoms with van der Waals surface area (Å²) in [5, 5.41) is 5.78. The van der Waals surface area contributed by atoms with E-state index in [1.807, 2.05) is 22.8 Å². The van der Waals surface area contributed by atoms with Gasteiger partial charge in [-0.2, -0.15) is 4.98 Å². The molecule has 2 aromatic carbocycles. The molecule has 26 heavy (non-hydrogen) atoms. The van der Waals surface area contributed by atoms with Crippen LogP contribution in [-0.2, 0) is 0 Å². The van der Waals surface area contributed by atoms with Crippen molar-refractivity contribution in [1.82, 2.24) is 4.98 Å². The van der Waals surface area contributed by atoms with Crippen LogP contribution in [0.2, 0.25) is 10.0 Å². The molecule has 3 nitrogen and oxygen atoms in total. The van der Waals surface area contributed by atoms with Gasteiger partial charge in [-0.05, 0) is 42.5 Å². The van der Waals surface area contributed by atoms with Gasteiger partial charge in [0.2, 0.25) is 0 Å². The lowest BCUT2D eigenvalue weighted by molar-refractivity contribution is -0.478. The molecule has 2 N–H and O–H groups in total. The minimum absolute atomic E-state index is 0.259. The van der Waals surface area contributed by atoms with Gasteiger partial charge < -0.3 is 4.42 Å². The van der Waals surface area contributed by atoms with Crippen molar-refractivity contribution >= 4 is 45.4 Å². The lowest BCUT2D eigenvalue weighted by Gasteiger charge is -2.01. The van der Waals surface area contributed by atoms with E-state index in [0.29, 0.717) is 21.6 Å². The van der Waals surface area contributed by atoms with Gasteiger partial charge in [-0.3, -0.25) is 5.32 Å². The number of hydrogen-bond acceptors (Lipinski definition) is 3. The van der Waals surface area contributed by atoms with Gasteiger partial charge in [-0.1, -0.05) is 34.5 Å². The molecule has 0 unspecified atom stereocenters. The van der Waals surface area contributed by atoms with Crippen LogP contribution in [0.1, 0.15) is 0 Å². The van der Waals surface area contributed by atoms with Gasteiger partial charge in [0.15, 0.2) is 5.76 Å². The summed E-state index contributed by atoms with van der Waals surface area (Å²) in [6.07, 6.45) is 0. The van der Waals surface area contributed by atoms with Gasteiger partial charge in [0, 0.05) is 28.1 Å². The van der Waals surface area contributed by atoms with Crippen molar-refractivity contribution < 1.29 is 14.1 Å². The molecule has 0 aliphatic heterocycles. The molecule has 2 aromatic heterocycles. The number of nitrogens with two attached hydrogens (primary N) is 1. The molecule has 0 bridgehead atoms. The van der Waals surface area contributed by atoms with Crippen molar-refractivity contribution in [2.75, 3.05) is 0 Å². The Hall–Kier alpha value is -2.18. The second kappa shape index (κ2) is 7.21. The molecule has 0 aliphatic carbocycles. The molecule has 0 saturated carbocycles. The van der Waals surface area contributed by atoms with Crippen molar-refractivity contribution in [3.63, 3.8) is 0 Å². The molecule has 0 spiro atoms. The zero-order chi connectivity index (χ0) is 18.1. The highest BCUT2D eigenvalue weighted by atomic mass is 35.5. The third-order valence-corrected chi connectivity index (χ3v) is 5.09. The summed E-state index contributed by atoms with van der Waals surface area (Å²) < 4.78 is 18.9. The van der Waals surface area contributed by atoms with E-state index in [-0.39, 0.29) is 5.82 Å². The van der Waals surface area contributed by atoms with E-state index in [9.17, 15) is 4.39 Å². The van der Waals surface area contributed by atoms with Crippen molar-refractivity contribution in [1.29, 1.82) is 0 Å². The Morgan fingerprint density at radius 3 is 2.54 bits per heavy atom. The van der Waals surface area contributed by atoms with E-state index >= 15 is 0 Å². The fourth-order valence-electron chi connectivity index (χ4n) is 2.48. The lowest BCUT2D eigenvalue weighted by Crippen LogP contribution is -2.70. The summed E-state index contributed by atoms with van der Waals surface area (Å²) in [6.45, 7) is 0. The maximum atomic E-state index is 13.0. The highest BCUT2D eigenvalue weighted by molar-refractivity contribution is 7.13. The van der Waals surface area contributed by atoms with Crippen molar-refractivity contribution in [3.8, 4) is 22.8 Å². The van der Waals surface area contributed by atoms with Gasteiger partial charge in [0.05, 0.1) is 5.02 Å². The van der Waals surface area contributed by atoms with E-state index < -0.39 is 0 Å². The molecule has 7 heteroatoms. The Labute approximate surface area is 163 Å². The van der Waals surface area contributed by atoms with Crippen molar-refractivity contribution in [2.24, 2.45) is 0 Å². The summed E-state index contributed by atoms with van der Waals surface area (Å²) >= 11 is 13.8. The molecule has 0 atom stereocenters. The maximum absolute atomic E-state index is 13.0. The normalized spacial score (nSPS) is 11.0. The van der Waals surface area contributed by atoms with E-state index in [1.54, 1.807) is 30.3 Å². The Bertz CT molecular complexity index is 1060. The second-order valence-corrected chi connectivity index (χ2v) is 7.29. The molecule has 0 fully saturated rings. The quantitative estimate of drug-likeness (QED) is 0.420. The van der Waals surface area contributed by atoms with Crippen LogP contribution in [0.4, 0.5) is 15.2 Å². The summed E-state index contributed by atoms with van der Waals surface area (Å²) in [5.74, 6) is 1.01. The van der Waals surface area contributed by atoms with Gasteiger partial charge in [-0.25, -0.2) is 4.39 Å². The molecule has 0 saturated heterocycles. The molecule has 130 valence electrons. The molecular weight excluding hydrogens is 394 g/mol. The first-order valence-electron chi connectivity index (χ1n) is 7.70. The molecular formula is C19H12Cl2FN2OS+. The number of halogens is 3. The first kappa shape index (κ1) is 17.2. The smallest absolute Gasteiger partial charge is 0.288 e. The summed E-state index contributed by atoms with van der Waals surface area (Å²) in [5.41, 5.74) is 2.35. The Morgan fingerprint density at radius 2 is 1.73 bits per heavy atom. The number of thiazole rings is 1. The Balaban J connectivity index is 1.57. The predicted molar refractivity (Wildman–Crippen MR) is 103 cm³/mol. The largest absolute Gasteiger partial charge is 0.454 e. The third kappa shape index (κ3) is 3.66. The van der Waals surface area contributed by atoms with Crippen LogP contribution in [-0.4, -0.2) is 4.98 Å². The summed E-state index contributed by atoms with van der Waals surface area (Å²) in [6, 6.07) is 15.2. The topological polar surface area (TPSA) is 42.6 Å². The number of rotatable bonds is 4. The molecule has 4 aromatic rings. The standard InChI is InChI=1S/C19H11Cl2FN2OS/c20-11-1-6-15(21)14(9-11)17-7-8-18(25-17)16-10-26-19(24-16)23-13-4-2-12(22)3-5-13/h1-10H,(H,23,24)/p+1. The second-order valence-electron chi connectivity index (χ2n) is 5.55. The number of furan rings is 1.